The van der Waals surface area contributed by atoms with Crippen LogP contribution in [0.3, 0.4) is 0 Å². The Bertz CT molecular complexity index is 680. The Labute approximate surface area is 105 Å². The summed E-state index contributed by atoms with van der Waals surface area (Å²) < 4.78 is 3.76. The average Bonchev–Trinajstić information content (AvgIpc) is 2.53. The first-order chi connectivity index (χ1) is 7.97. The largest absolute Gasteiger partial charge is 0.330 e. The van der Waals surface area contributed by atoms with Crippen molar-refractivity contribution >= 4 is 27.1 Å². The normalized spacial score (nSPS) is 11.6. The van der Waals surface area contributed by atoms with Crippen molar-refractivity contribution in [2.75, 3.05) is 0 Å². The lowest BCUT2D eigenvalue weighted by molar-refractivity contribution is 0.579. The highest BCUT2D eigenvalue weighted by Crippen LogP contribution is 2.17. The monoisotopic (exact) mass is 300 g/mol. The van der Waals surface area contributed by atoms with Crippen LogP contribution in [0.1, 0.15) is 26.8 Å². The Morgan fingerprint density at radius 3 is 2.59 bits per heavy atom. The molecule has 92 valence electrons. The summed E-state index contributed by atoms with van der Waals surface area (Å²) in [4.78, 5) is 30.1. The van der Waals surface area contributed by atoms with E-state index in [9.17, 15) is 9.59 Å². The van der Waals surface area contributed by atoms with Gasteiger partial charge in [0.05, 0.1) is 0 Å². The molecule has 6 nitrogen and oxygen atoms in total. The molecule has 0 aliphatic carbocycles. The third-order valence-corrected chi connectivity index (χ3v) is 3.22. The van der Waals surface area contributed by atoms with E-state index < -0.39 is 11.2 Å². The van der Waals surface area contributed by atoms with Crippen LogP contribution in [0.15, 0.2) is 14.3 Å². The maximum absolute atomic E-state index is 11.8. The van der Waals surface area contributed by atoms with E-state index in [2.05, 4.69) is 25.9 Å². The highest BCUT2D eigenvalue weighted by atomic mass is 79.9. The molecule has 0 saturated carbocycles. The van der Waals surface area contributed by atoms with Crippen LogP contribution in [0, 0.1) is 0 Å². The predicted octanol–water partition coefficient (Wildman–Crippen LogP) is 1.25. The number of H-pyrrole nitrogens is 1. The SMILES string of the molecule is CCn1c(Br)nc2c1c(=O)[nH]c(=O)n2C(C)C. The van der Waals surface area contributed by atoms with Crippen molar-refractivity contribution in [1.82, 2.24) is 19.1 Å². The number of nitrogens with one attached hydrogen (secondary N) is 1. The van der Waals surface area contributed by atoms with Crippen LogP contribution in [0.4, 0.5) is 0 Å². The van der Waals surface area contributed by atoms with E-state index in [1.165, 1.54) is 4.57 Å². The molecular weight excluding hydrogens is 288 g/mol. The second-order valence-electron chi connectivity index (χ2n) is 4.02. The minimum atomic E-state index is -0.425. The zero-order valence-corrected chi connectivity index (χ0v) is 11.4. The van der Waals surface area contributed by atoms with Crippen LogP contribution >= 0.6 is 15.9 Å². The average molecular weight is 301 g/mol. The summed E-state index contributed by atoms with van der Waals surface area (Å²) in [7, 11) is 0. The van der Waals surface area contributed by atoms with E-state index in [1.807, 2.05) is 20.8 Å². The molecule has 2 aromatic rings. The molecule has 0 aliphatic heterocycles. The van der Waals surface area contributed by atoms with Crippen molar-refractivity contribution < 1.29 is 0 Å². The van der Waals surface area contributed by atoms with E-state index in [0.29, 0.717) is 22.4 Å². The predicted molar refractivity (Wildman–Crippen MR) is 68.4 cm³/mol. The second kappa shape index (κ2) is 4.14. The second-order valence-corrected chi connectivity index (χ2v) is 4.73. The summed E-state index contributed by atoms with van der Waals surface area (Å²) >= 11 is 3.30. The van der Waals surface area contributed by atoms with Crippen molar-refractivity contribution in [1.29, 1.82) is 0 Å². The van der Waals surface area contributed by atoms with Gasteiger partial charge in [0.2, 0.25) is 0 Å². The van der Waals surface area contributed by atoms with Crippen molar-refractivity contribution in [3.8, 4) is 0 Å². The topological polar surface area (TPSA) is 72.7 Å². The summed E-state index contributed by atoms with van der Waals surface area (Å²) in [5.41, 5.74) is 0.0165. The van der Waals surface area contributed by atoms with Crippen molar-refractivity contribution in [3.05, 3.63) is 25.6 Å². The smallest absolute Gasteiger partial charge is 0.313 e. The lowest BCUT2D eigenvalue weighted by Gasteiger charge is -2.09. The molecule has 17 heavy (non-hydrogen) atoms. The van der Waals surface area contributed by atoms with Gasteiger partial charge < -0.3 is 4.57 Å². The standard InChI is InChI=1S/C10H13BrN4O2/c1-4-14-6-7(12-9(14)11)15(5(2)3)10(17)13-8(6)16/h5H,4H2,1-3H3,(H,13,16,17). The summed E-state index contributed by atoms with van der Waals surface area (Å²) in [5, 5.41) is 0. The zero-order chi connectivity index (χ0) is 12.7. The van der Waals surface area contributed by atoms with Crippen LogP contribution in [-0.4, -0.2) is 19.1 Å². The van der Waals surface area contributed by atoms with E-state index in [0.717, 1.165) is 0 Å². The number of fused-ring (bicyclic) bond motifs is 1. The van der Waals surface area contributed by atoms with Crippen molar-refractivity contribution in [2.24, 2.45) is 0 Å². The molecule has 0 atom stereocenters. The molecule has 7 heteroatoms. The van der Waals surface area contributed by atoms with Crippen LogP contribution in [0.25, 0.3) is 11.2 Å². The molecule has 2 aromatic heterocycles. The lowest BCUT2D eigenvalue weighted by atomic mass is 10.3. The van der Waals surface area contributed by atoms with Crippen LogP contribution in [-0.2, 0) is 6.54 Å². The number of aromatic amines is 1. The fourth-order valence-corrected chi connectivity index (χ4v) is 2.48. The molecule has 0 amide bonds. The third kappa shape index (κ3) is 1.74. The summed E-state index contributed by atoms with van der Waals surface area (Å²) in [6.07, 6.45) is 0. The highest BCUT2D eigenvalue weighted by molar-refractivity contribution is 9.10. The first-order valence-electron chi connectivity index (χ1n) is 5.38. The molecule has 0 unspecified atom stereocenters. The van der Waals surface area contributed by atoms with Crippen molar-refractivity contribution in [3.63, 3.8) is 0 Å². The Kier molecular flexibility index (Phi) is 2.94. The van der Waals surface area contributed by atoms with Gasteiger partial charge >= 0.3 is 5.69 Å². The van der Waals surface area contributed by atoms with Gasteiger partial charge in [-0.1, -0.05) is 0 Å². The molecule has 2 rings (SSSR count). The van der Waals surface area contributed by atoms with E-state index in [-0.39, 0.29) is 6.04 Å². The molecule has 1 N–H and O–H groups in total. The molecule has 0 aliphatic rings. The molecule has 2 heterocycles. The number of nitrogens with zero attached hydrogens (tertiary/aromatic N) is 3. The van der Waals surface area contributed by atoms with Crippen LogP contribution in [0.5, 0.6) is 0 Å². The van der Waals surface area contributed by atoms with Gasteiger partial charge in [0.15, 0.2) is 15.9 Å². The fraction of sp³-hybridized carbons (Fsp3) is 0.500. The Hall–Kier alpha value is -1.37. The van der Waals surface area contributed by atoms with Gasteiger partial charge in [-0.3, -0.25) is 14.3 Å². The Balaban J connectivity index is 3.04. The van der Waals surface area contributed by atoms with E-state index in [1.54, 1.807) is 4.57 Å². The minimum absolute atomic E-state index is 0.0612. The van der Waals surface area contributed by atoms with Gasteiger partial charge in [0.25, 0.3) is 5.56 Å². The van der Waals surface area contributed by atoms with Gasteiger partial charge in [0, 0.05) is 12.6 Å². The summed E-state index contributed by atoms with van der Waals surface area (Å²) in [5.74, 6) is 0. The van der Waals surface area contributed by atoms with Gasteiger partial charge in [0.1, 0.15) is 0 Å². The third-order valence-electron chi connectivity index (χ3n) is 2.62. The first kappa shape index (κ1) is 12.1. The molecule has 0 spiro atoms. The van der Waals surface area contributed by atoms with Crippen LogP contribution < -0.4 is 11.2 Å². The van der Waals surface area contributed by atoms with E-state index >= 15 is 0 Å². The Morgan fingerprint density at radius 1 is 1.41 bits per heavy atom. The van der Waals surface area contributed by atoms with Crippen LogP contribution in [0.2, 0.25) is 0 Å². The number of aromatic nitrogens is 4. The molecule has 0 radical (unpaired) electrons. The summed E-state index contributed by atoms with van der Waals surface area (Å²) in [6.45, 7) is 6.27. The lowest BCUT2D eigenvalue weighted by Crippen LogP contribution is -2.32. The van der Waals surface area contributed by atoms with Gasteiger partial charge in [-0.25, -0.2) is 9.78 Å². The number of aryl methyl sites for hydroxylation is 1. The number of imidazole rings is 1. The highest BCUT2D eigenvalue weighted by Gasteiger charge is 2.17. The maximum Gasteiger partial charge on any atom is 0.330 e. The molecule has 0 saturated heterocycles. The number of hydrogen-bond donors (Lipinski definition) is 1. The maximum atomic E-state index is 11.8. The summed E-state index contributed by atoms with van der Waals surface area (Å²) in [6, 6.07) is -0.0612. The quantitative estimate of drug-likeness (QED) is 0.848. The molecular formula is C10H13BrN4O2. The molecule has 0 aromatic carbocycles. The molecule has 0 fully saturated rings. The van der Waals surface area contributed by atoms with Crippen molar-refractivity contribution in [2.45, 2.75) is 33.4 Å². The number of hydrogen-bond acceptors (Lipinski definition) is 3. The molecule has 0 bridgehead atoms. The Morgan fingerprint density at radius 2 is 2.06 bits per heavy atom. The van der Waals surface area contributed by atoms with E-state index in [4.69, 9.17) is 0 Å². The fourth-order valence-electron chi connectivity index (χ4n) is 1.89. The first-order valence-corrected chi connectivity index (χ1v) is 6.17. The van der Waals surface area contributed by atoms with Gasteiger partial charge in [-0.2, -0.15) is 0 Å². The number of rotatable bonds is 2. The van der Waals surface area contributed by atoms with Gasteiger partial charge in [-0.05, 0) is 36.7 Å². The number of halogens is 1. The van der Waals surface area contributed by atoms with Gasteiger partial charge in [-0.15, -0.1) is 0 Å². The zero-order valence-electron chi connectivity index (χ0n) is 9.82. The minimum Gasteiger partial charge on any atom is -0.313 e.